The quantitative estimate of drug-likeness (QED) is 0.163. The van der Waals surface area contributed by atoms with Crippen LogP contribution in [0.5, 0.6) is 5.75 Å². The van der Waals surface area contributed by atoms with Crippen LogP contribution in [-0.2, 0) is 26.2 Å². The summed E-state index contributed by atoms with van der Waals surface area (Å²) in [5.74, 6) is 0.445. The molecular weight excluding hydrogens is 472 g/mol. The van der Waals surface area contributed by atoms with Gasteiger partial charge in [-0.3, -0.25) is 9.59 Å². The molecular formula is C34H46O4. The lowest BCUT2D eigenvalue weighted by Crippen LogP contribution is -2.44. The molecule has 0 saturated heterocycles. The van der Waals surface area contributed by atoms with Gasteiger partial charge in [0.15, 0.2) is 0 Å². The molecule has 1 aliphatic rings. The van der Waals surface area contributed by atoms with Gasteiger partial charge in [0.2, 0.25) is 0 Å². The third kappa shape index (κ3) is 8.06. The van der Waals surface area contributed by atoms with Crippen LogP contribution >= 0.6 is 0 Å². The van der Waals surface area contributed by atoms with Crippen LogP contribution in [0.1, 0.15) is 84.3 Å². The fourth-order valence-corrected chi connectivity index (χ4v) is 5.67. The number of ketones is 1. The Morgan fingerprint density at radius 3 is 2.37 bits per heavy atom. The van der Waals surface area contributed by atoms with Gasteiger partial charge in [0, 0.05) is 12.3 Å². The van der Waals surface area contributed by atoms with Gasteiger partial charge in [-0.05, 0) is 80.5 Å². The maximum absolute atomic E-state index is 13.1. The average Bonchev–Trinajstić information content (AvgIpc) is 2.92. The van der Waals surface area contributed by atoms with Crippen LogP contribution in [-0.4, -0.2) is 25.0 Å². The summed E-state index contributed by atoms with van der Waals surface area (Å²) in [5, 5.41) is 0. The van der Waals surface area contributed by atoms with E-state index in [4.69, 9.17) is 9.47 Å². The predicted octanol–water partition coefficient (Wildman–Crippen LogP) is 7.89. The predicted molar refractivity (Wildman–Crippen MR) is 154 cm³/mol. The third-order valence-electron chi connectivity index (χ3n) is 8.45. The summed E-state index contributed by atoms with van der Waals surface area (Å²) < 4.78 is 11.3. The smallest absolute Gasteiger partial charge is 0.316 e. The summed E-state index contributed by atoms with van der Waals surface area (Å²) in [4.78, 5) is 26.0. The number of rotatable bonds is 12. The second-order valence-electron chi connectivity index (χ2n) is 11.7. The first-order valence-electron chi connectivity index (χ1n) is 14.2. The molecule has 4 atom stereocenters. The van der Waals surface area contributed by atoms with Crippen molar-refractivity contribution in [1.29, 1.82) is 0 Å². The third-order valence-corrected chi connectivity index (χ3v) is 8.45. The largest absolute Gasteiger partial charge is 0.497 e. The molecule has 1 fully saturated rings. The molecule has 3 rings (SSSR count). The van der Waals surface area contributed by atoms with E-state index in [1.54, 1.807) is 14.0 Å². The van der Waals surface area contributed by atoms with Gasteiger partial charge in [-0.1, -0.05) is 81.3 Å². The molecule has 1 saturated carbocycles. The van der Waals surface area contributed by atoms with E-state index in [1.807, 2.05) is 18.2 Å². The Morgan fingerprint density at radius 2 is 1.71 bits per heavy atom. The minimum absolute atomic E-state index is 0.0411. The molecule has 4 heteroatoms. The number of carbonyl (C=O) groups is 2. The van der Waals surface area contributed by atoms with Crippen LogP contribution in [0.2, 0.25) is 0 Å². The normalized spacial score (nSPS) is 21.0. The molecule has 0 N–H and O–H groups in total. The van der Waals surface area contributed by atoms with E-state index in [-0.39, 0.29) is 29.2 Å². The molecule has 0 aliphatic heterocycles. The number of ether oxygens (including phenoxy) is 2. The fourth-order valence-electron chi connectivity index (χ4n) is 5.67. The molecule has 38 heavy (non-hydrogen) atoms. The summed E-state index contributed by atoms with van der Waals surface area (Å²) in [6.07, 6.45) is 7.92. The van der Waals surface area contributed by atoms with Crippen LogP contribution < -0.4 is 4.74 Å². The first-order chi connectivity index (χ1) is 18.1. The topological polar surface area (TPSA) is 52.6 Å². The van der Waals surface area contributed by atoms with Crippen LogP contribution in [0.25, 0.3) is 0 Å². The van der Waals surface area contributed by atoms with Crippen molar-refractivity contribution in [3.05, 3.63) is 77.4 Å². The number of hydrogen-bond acceptors (Lipinski definition) is 4. The molecule has 0 heterocycles. The standard InChI is InChI=1S/C34H46O4/c1-24(11-10-12-27-17-19-29(37-6)20-18-27)16-22-31(35)26(3)33(36)38-32-23-25(2)15-21-30(32)34(4,5)28-13-8-7-9-14-28/h7-9,11,13-14,17-20,25-26,30,32H,10,12,15-16,21-23H2,1-6H3/b24-11+/t25-,26?,30-,32-/m0/s1. The zero-order valence-electron chi connectivity index (χ0n) is 24.2. The number of Topliss-reactive ketones (excluding diaryl/α,β-unsaturated/α-hetero) is 1. The SMILES string of the molecule is COc1ccc(CC/C=C(\C)CCC(=O)C(C)C(=O)O[C@H]2C[C@@H](C)CC[C@@H]2C(C)(C)c2ccccc2)cc1. The Bertz CT molecular complexity index is 1070. The number of methoxy groups -OCH3 is 1. The minimum atomic E-state index is -0.736. The maximum Gasteiger partial charge on any atom is 0.316 e. The van der Waals surface area contributed by atoms with Crippen molar-refractivity contribution < 1.29 is 19.1 Å². The molecule has 2 aromatic rings. The highest BCUT2D eigenvalue weighted by molar-refractivity contribution is 5.98. The Hall–Kier alpha value is -2.88. The molecule has 0 radical (unpaired) electrons. The lowest BCUT2D eigenvalue weighted by molar-refractivity contribution is -0.162. The number of aryl methyl sites for hydroxylation is 1. The number of esters is 1. The average molecular weight is 519 g/mol. The fraction of sp³-hybridized carbons (Fsp3) is 0.529. The van der Waals surface area contributed by atoms with Crippen molar-refractivity contribution in [2.75, 3.05) is 7.11 Å². The van der Waals surface area contributed by atoms with E-state index in [0.717, 1.165) is 37.9 Å². The Kier molecular flexibility index (Phi) is 10.8. The Balaban J connectivity index is 1.52. The van der Waals surface area contributed by atoms with E-state index in [9.17, 15) is 9.59 Å². The summed E-state index contributed by atoms with van der Waals surface area (Å²) in [6.45, 7) is 10.5. The van der Waals surface area contributed by atoms with Crippen LogP contribution in [0.4, 0.5) is 0 Å². The van der Waals surface area contributed by atoms with Crippen LogP contribution in [0.3, 0.4) is 0 Å². The maximum atomic E-state index is 13.1. The molecule has 206 valence electrons. The highest BCUT2D eigenvalue weighted by atomic mass is 16.5. The van der Waals surface area contributed by atoms with Gasteiger partial charge >= 0.3 is 5.97 Å². The molecule has 1 aliphatic carbocycles. The van der Waals surface area contributed by atoms with Gasteiger partial charge in [0.05, 0.1) is 7.11 Å². The van der Waals surface area contributed by atoms with Gasteiger partial charge in [0.1, 0.15) is 23.6 Å². The second kappa shape index (κ2) is 13.8. The van der Waals surface area contributed by atoms with Crippen LogP contribution in [0.15, 0.2) is 66.2 Å². The monoisotopic (exact) mass is 518 g/mol. The molecule has 1 unspecified atom stereocenters. The summed E-state index contributed by atoms with van der Waals surface area (Å²) in [6, 6.07) is 18.6. The van der Waals surface area contributed by atoms with Crippen molar-refractivity contribution >= 4 is 11.8 Å². The highest BCUT2D eigenvalue weighted by Crippen LogP contribution is 2.43. The zero-order chi connectivity index (χ0) is 27.7. The Labute approximate surface area is 229 Å². The van der Waals surface area contributed by atoms with Crippen LogP contribution in [0, 0.1) is 17.8 Å². The molecule has 0 spiro atoms. The van der Waals surface area contributed by atoms with E-state index in [2.05, 4.69) is 70.2 Å². The van der Waals surface area contributed by atoms with Crippen molar-refractivity contribution in [3.63, 3.8) is 0 Å². The lowest BCUT2D eigenvalue weighted by atomic mass is 9.64. The number of allylic oxidation sites excluding steroid dienone is 2. The second-order valence-corrected chi connectivity index (χ2v) is 11.7. The Morgan fingerprint density at radius 1 is 1.03 bits per heavy atom. The van der Waals surface area contributed by atoms with E-state index in [0.29, 0.717) is 18.8 Å². The van der Waals surface area contributed by atoms with E-state index < -0.39 is 5.92 Å². The van der Waals surface area contributed by atoms with Gasteiger partial charge in [-0.25, -0.2) is 0 Å². The van der Waals surface area contributed by atoms with Gasteiger partial charge in [-0.2, -0.15) is 0 Å². The lowest BCUT2D eigenvalue weighted by Gasteiger charge is -2.44. The minimum Gasteiger partial charge on any atom is -0.497 e. The number of hydrogen-bond donors (Lipinski definition) is 0. The molecule has 0 aromatic heterocycles. The molecule has 4 nitrogen and oxygen atoms in total. The molecule has 0 amide bonds. The van der Waals surface area contributed by atoms with E-state index in [1.165, 1.54) is 16.7 Å². The molecule has 0 bridgehead atoms. The van der Waals surface area contributed by atoms with Gasteiger partial charge in [0.25, 0.3) is 0 Å². The van der Waals surface area contributed by atoms with Gasteiger partial charge < -0.3 is 9.47 Å². The van der Waals surface area contributed by atoms with Crippen molar-refractivity contribution in [2.45, 2.75) is 91.1 Å². The summed E-state index contributed by atoms with van der Waals surface area (Å²) >= 11 is 0. The van der Waals surface area contributed by atoms with E-state index >= 15 is 0 Å². The highest BCUT2D eigenvalue weighted by Gasteiger charge is 2.42. The van der Waals surface area contributed by atoms with Gasteiger partial charge in [-0.15, -0.1) is 0 Å². The first-order valence-corrected chi connectivity index (χ1v) is 14.2. The first kappa shape index (κ1) is 29.7. The molecule has 2 aromatic carbocycles. The summed E-state index contributed by atoms with van der Waals surface area (Å²) in [5.41, 5.74) is 3.58. The summed E-state index contributed by atoms with van der Waals surface area (Å²) in [7, 11) is 1.67. The van der Waals surface area contributed by atoms with Crippen molar-refractivity contribution in [2.24, 2.45) is 17.8 Å². The number of carbonyl (C=O) groups excluding carboxylic acids is 2. The zero-order valence-corrected chi connectivity index (χ0v) is 24.2. The van der Waals surface area contributed by atoms with Crippen molar-refractivity contribution in [1.82, 2.24) is 0 Å². The van der Waals surface area contributed by atoms with Crippen molar-refractivity contribution in [3.8, 4) is 5.75 Å². The number of benzene rings is 2.